The van der Waals surface area contributed by atoms with E-state index in [-0.39, 0.29) is 23.5 Å². The highest BCUT2D eigenvalue weighted by Crippen LogP contribution is 2.37. The Morgan fingerprint density at radius 1 is 1.45 bits per heavy atom. The number of aromatic nitrogens is 1. The van der Waals surface area contributed by atoms with Crippen LogP contribution in [-0.4, -0.2) is 47.2 Å². The van der Waals surface area contributed by atoms with Crippen LogP contribution in [0.5, 0.6) is 5.75 Å². The minimum absolute atomic E-state index is 0.0696. The Bertz CT molecular complexity index is 510. The molecule has 0 radical (unpaired) electrons. The number of pyridine rings is 1. The Morgan fingerprint density at radius 3 is 2.86 bits per heavy atom. The van der Waals surface area contributed by atoms with Gasteiger partial charge in [-0.05, 0) is 25.0 Å². The molecule has 2 saturated heterocycles. The van der Waals surface area contributed by atoms with Crippen molar-refractivity contribution in [3.8, 4) is 5.75 Å². The van der Waals surface area contributed by atoms with Crippen molar-refractivity contribution >= 4 is 5.91 Å². The Morgan fingerprint density at radius 2 is 2.23 bits per heavy atom. The number of piperidine rings is 1. The van der Waals surface area contributed by atoms with Gasteiger partial charge in [0.2, 0.25) is 5.91 Å². The highest BCUT2D eigenvalue weighted by molar-refractivity contribution is 5.78. The van der Waals surface area contributed by atoms with Crippen LogP contribution in [0, 0.1) is 5.92 Å². The van der Waals surface area contributed by atoms with Crippen LogP contribution in [0.15, 0.2) is 24.5 Å². The third-order valence-electron chi connectivity index (χ3n) is 4.59. The van der Waals surface area contributed by atoms with E-state index in [0.29, 0.717) is 6.61 Å². The zero-order valence-corrected chi connectivity index (χ0v) is 13.3. The molecule has 22 heavy (non-hydrogen) atoms. The second-order valence-corrected chi connectivity index (χ2v) is 6.61. The average molecular weight is 304 g/mol. The van der Waals surface area contributed by atoms with E-state index in [0.717, 1.165) is 38.1 Å². The molecule has 3 heterocycles. The zero-order valence-electron chi connectivity index (χ0n) is 13.3. The third kappa shape index (κ3) is 3.24. The van der Waals surface area contributed by atoms with Gasteiger partial charge in [-0.25, -0.2) is 0 Å². The van der Waals surface area contributed by atoms with Crippen LogP contribution < -0.4 is 4.74 Å². The van der Waals surface area contributed by atoms with Gasteiger partial charge < -0.3 is 14.4 Å². The first kappa shape index (κ1) is 15.3. The van der Waals surface area contributed by atoms with Crippen LogP contribution in [0.1, 0.15) is 33.1 Å². The summed E-state index contributed by atoms with van der Waals surface area (Å²) in [6.45, 7) is 6.10. The SMILES string of the molecule is CC(C)C(=O)N1CCC2(CC1)C[C@H](Oc1cccnc1)CO2. The maximum absolute atomic E-state index is 12.1. The van der Waals surface area contributed by atoms with Crippen molar-refractivity contribution in [3.63, 3.8) is 0 Å². The Kier molecular flexibility index (Phi) is 4.34. The number of carbonyl (C=O) groups is 1. The van der Waals surface area contributed by atoms with Crippen LogP contribution in [0.25, 0.3) is 0 Å². The first-order valence-corrected chi connectivity index (χ1v) is 8.07. The molecule has 0 saturated carbocycles. The molecule has 5 heteroatoms. The molecule has 5 nitrogen and oxygen atoms in total. The van der Waals surface area contributed by atoms with E-state index in [1.54, 1.807) is 12.4 Å². The molecule has 0 aliphatic carbocycles. The van der Waals surface area contributed by atoms with Crippen molar-refractivity contribution < 1.29 is 14.3 Å². The lowest BCUT2D eigenvalue weighted by Gasteiger charge is -2.39. The number of hydrogen-bond acceptors (Lipinski definition) is 4. The zero-order chi connectivity index (χ0) is 15.6. The summed E-state index contributed by atoms with van der Waals surface area (Å²) in [5.74, 6) is 1.11. The summed E-state index contributed by atoms with van der Waals surface area (Å²) < 4.78 is 12.0. The summed E-state index contributed by atoms with van der Waals surface area (Å²) in [5, 5.41) is 0. The van der Waals surface area contributed by atoms with E-state index in [1.807, 2.05) is 30.9 Å². The largest absolute Gasteiger partial charge is 0.486 e. The molecule has 0 bridgehead atoms. The van der Waals surface area contributed by atoms with Crippen molar-refractivity contribution in [1.82, 2.24) is 9.88 Å². The second kappa shape index (κ2) is 6.24. The Labute approximate surface area is 131 Å². The van der Waals surface area contributed by atoms with Crippen LogP contribution >= 0.6 is 0 Å². The minimum atomic E-state index is -0.110. The number of nitrogens with zero attached hydrogens (tertiary/aromatic N) is 2. The van der Waals surface area contributed by atoms with Crippen molar-refractivity contribution in [2.24, 2.45) is 5.92 Å². The quantitative estimate of drug-likeness (QED) is 0.859. The second-order valence-electron chi connectivity index (χ2n) is 6.61. The summed E-state index contributed by atoms with van der Waals surface area (Å²) in [7, 11) is 0. The molecular formula is C17H24N2O3. The molecule has 0 aromatic carbocycles. The monoisotopic (exact) mass is 304 g/mol. The molecule has 1 aromatic heterocycles. The van der Waals surface area contributed by atoms with Gasteiger partial charge in [0.15, 0.2) is 0 Å². The lowest BCUT2D eigenvalue weighted by molar-refractivity contribution is -0.139. The van der Waals surface area contributed by atoms with E-state index in [1.165, 1.54) is 0 Å². The molecule has 2 aliphatic rings. The molecule has 1 aromatic rings. The predicted molar refractivity (Wildman–Crippen MR) is 82.6 cm³/mol. The van der Waals surface area contributed by atoms with Gasteiger partial charge in [0.05, 0.1) is 18.4 Å². The standard InChI is InChI=1S/C17H24N2O3/c1-13(2)16(20)19-8-5-17(6-9-19)10-15(12-21-17)22-14-4-3-7-18-11-14/h3-4,7,11,13,15H,5-6,8-10,12H2,1-2H3/t15-/m0/s1. The topological polar surface area (TPSA) is 51.7 Å². The number of likely N-dealkylation sites (tertiary alicyclic amines) is 1. The smallest absolute Gasteiger partial charge is 0.225 e. The number of ether oxygens (including phenoxy) is 2. The molecule has 0 N–H and O–H groups in total. The molecule has 120 valence electrons. The van der Waals surface area contributed by atoms with E-state index in [2.05, 4.69) is 4.98 Å². The van der Waals surface area contributed by atoms with E-state index in [4.69, 9.17) is 9.47 Å². The third-order valence-corrected chi connectivity index (χ3v) is 4.59. The van der Waals surface area contributed by atoms with Gasteiger partial charge in [0.25, 0.3) is 0 Å². The molecule has 3 rings (SSSR count). The molecule has 0 unspecified atom stereocenters. The average Bonchev–Trinajstić information content (AvgIpc) is 2.91. The molecule has 1 atom stereocenters. The number of hydrogen-bond donors (Lipinski definition) is 0. The summed E-state index contributed by atoms with van der Waals surface area (Å²) in [6.07, 6.45) is 6.25. The van der Waals surface area contributed by atoms with Crippen LogP contribution in [0.2, 0.25) is 0 Å². The summed E-state index contributed by atoms with van der Waals surface area (Å²) >= 11 is 0. The first-order valence-electron chi connectivity index (χ1n) is 8.07. The molecule has 2 aliphatic heterocycles. The maximum atomic E-state index is 12.1. The fourth-order valence-electron chi connectivity index (χ4n) is 3.34. The summed E-state index contributed by atoms with van der Waals surface area (Å²) in [4.78, 5) is 18.1. The minimum Gasteiger partial charge on any atom is -0.486 e. The number of amides is 1. The van der Waals surface area contributed by atoms with E-state index < -0.39 is 0 Å². The molecule has 2 fully saturated rings. The Hall–Kier alpha value is -1.62. The predicted octanol–water partition coefficient (Wildman–Crippen LogP) is 2.27. The number of rotatable bonds is 3. The van der Waals surface area contributed by atoms with Crippen molar-refractivity contribution in [3.05, 3.63) is 24.5 Å². The van der Waals surface area contributed by atoms with Gasteiger partial charge in [-0.1, -0.05) is 13.8 Å². The van der Waals surface area contributed by atoms with Crippen LogP contribution in [0.4, 0.5) is 0 Å². The van der Waals surface area contributed by atoms with E-state index >= 15 is 0 Å². The first-order chi connectivity index (χ1) is 10.6. The van der Waals surface area contributed by atoms with Gasteiger partial charge in [-0.2, -0.15) is 0 Å². The highest BCUT2D eigenvalue weighted by atomic mass is 16.6. The van der Waals surface area contributed by atoms with Gasteiger partial charge in [-0.3, -0.25) is 9.78 Å². The summed E-state index contributed by atoms with van der Waals surface area (Å²) in [6, 6.07) is 3.79. The van der Waals surface area contributed by atoms with Gasteiger partial charge >= 0.3 is 0 Å². The number of carbonyl (C=O) groups excluding carboxylic acids is 1. The fourth-order valence-corrected chi connectivity index (χ4v) is 3.34. The normalized spacial score (nSPS) is 24.0. The Balaban J connectivity index is 1.53. The van der Waals surface area contributed by atoms with Crippen molar-refractivity contribution in [2.45, 2.75) is 44.8 Å². The van der Waals surface area contributed by atoms with Gasteiger partial charge in [0, 0.05) is 31.6 Å². The lowest BCUT2D eigenvalue weighted by Crippen LogP contribution is -2.47. The fraction of sp³-hybridized carbons (Fsp3) is 0.647. The van der Waals surface area contributed by atoms with Crippen LogP contribution in [0.3, 0.4) is 0 Å². The lowest BCUT2D eigenvalue weighted by atomic mass is 9.87. The molecule has 1 spiro atoms. The van der Waals surface area contributed by atoms with Crippen molar-refractivity contribution in [1.29, 1.82) is 0 Å². The van der Waals surface area contributed by atoms with Gasteiger partial charge in [-0.15, -0.1) is 0 Å². The molecule has 1 amide bonds. The highest BCUT2D eigenvalue weighted by Gasteiger charge is 2.44. The molecular weight excluding hydrogens is 280 g/mol. The van der Waals surface area contributed by atoms with Gasteiger partial charge in [0.1, 0.15) is 11.9 Å². The maximum Gasteiger partial charge on any atom is 0.225 e. The summed E-state index contributed by atoms with van der Waals surface area (Å²) in [5.41, 5.74) is -0.110. The van der Waals surface area contributed by atoms with Crippen LogP contribution in [-0.2, 0) is 9.53 Å². The van der Waals surface area contributed by atoms with Crippen molar-refractivity contribution in [2.75, 3.05) is 19.7 Å². The van der Waals surface area contributed by atoms with E-state index in [9.17, 15) is 4.79 Å².